The van der Waals surface area contributed by atoms with E-state index in [1.165, 1.54) is 12.1 Å². The van der Waals surface area contributed by atoms with Gasteiger partial charge >= 0.3 is 0 Å². The molecular formula is C12H10F2O. The molecule has 0 aliphatic carbocycles. The molecule has 1 nitrogen and oxygen atoms in total. The third-order valence-corrected chi connectivity index (χ3v) is 2.36. The van der Waals surface area contributed by atoms with E-state index in [0.29, 0.717) is 0 Å². The number of fused-ring (bicyclic) bond motifs is 1. The molecular weight excluding hydrogens is 198 g/mol. The Morgan fingerprint density at radius 1 is 1.00 bits per heavy atom. The average molecular weight is 208 g/mol. The molecule has 0 atom stereocenters. The summed E-state index contributed by atoms with van der Waals surface area (Å²) in [4.78, 5) is 0. The van der Waals surface area contributed by atoms with Crippen molar-refractivity contribution in [3.05, 3.63) is 47.5 Å². The molecule has 0 fully saturated rings. The third-order valence-electron chi connectivity index (χ3n) is 2.36. The van der Waals surface area contributed by atoms with Crippen molar-refractivity contribution in [3.63, 3.8) is 0 Å². The minimum atomic E-state index is -2.44. The standard InChI is InChI=1S/C12H10F2O/c13-12(14)11-4-3-9-5-8(7-15)1-2-10(9)6-11/h1-6,12,15H,7H2. The summed E-state index contributed by atoms with van der Waals surface area (Å²) >= 11 is 0. The first-order valence-corrected chi connectivity index (χ1v) is 4.62. The van der Waals surface area contributed by atoms with Crippen LogP contribution < -0.4 is 0 Å². The van der Waals surface area contributed by atoms with Gasteiger partial charge in [-0.15, -0.1) is 0 Å². The molecule has 0 amide bonds. The zero-order chi connectivity index (χ0) is 10.8. The fraction of sp³-hybridized carbons (Fsp3) is 0.167. The van der Waals surface area contributed by atoms with Crippen LogP contribution in [-0.4, -0.2) is 5.11 Å². The van der Waals surface area contributed by atoms with E-state index in [-0.39, 0.29) is 12.2 Å². The molecule has 0 heterocycles. The van der Waals surface area contributed by atoms with Gasteiger partial charge in [0.05, 0.1) is 6.61 Å². The number of benzene rings is 2. The predicted molar refractivity (Wildman–Crippen MR) is 54.8 cm³/mol. The van der Waals surface area contributed by atoms with Crippen LogP contribution in [0, 0.1) is 0 Å². The van der Waals surface area contributed by atoms with Crippen LogP contribution in [0.3, 0.4) is 0 Å². The third kappa shape index (κ3) is 1.97. The van der Waals surface area contributed by atoms with Crippen molar-refractivity contribution in [2.45, 2.75) is 13.0 Å². The van der Waals surface area contributed by atoms with E-state index in [1.54, 1.807) is 24.3 Å². The zero-order valence-electron chi connectivity index (χ0n) is 7.95. The number of hydrogen-bond donors (Lipinski definition) is 1. The SMILES string of the molecule is OCc1ccc2cc(C(F)F)ccc2c1. The van der Waals surface area contributed by atoms with Crippen LogP contribution >= 0.6 is 0 Å². The predicted octanol–water partition coefficient (Wildman–Crippen LogP) is 3.27. The van der Waals surface area contributed by atoms with E-state index in [4.69, 9.17) is 5.11 Å². The molecule has 0 bridgehead atoms. The number of alkyl halides is 2. The molecule has 0 radical (unpaired) electrons. The van der Waals surface area contributed by atoms with Gasteiger partial charge in [-0.05, 0) is 28.5 Å². The van der Waals surface area contributed by atoms with Crippen LogP contribution in [0.5, 0.6) is 0 Å². The Hall–Kier alpha value is -1.48. The maximum Gasteiger partial charge on any atom is 0.263 e. The van der Waals surface area contributed by atoms with E-state index < -0.39 is 6.43 Å². The molecule has 0 unspecified atom stereocenters. The first-order chi connectivity index (χ1) is 7.20. The highest BCUT2D eigenvalue weighted by atomic mass is 19.3. The fourth-order valence-corrected chi connectivity index (χ4v) is 1.55. The van der Waals surface area contributed by atoms with E-state index >= 15 is 0 Å². The molecule has 78 valence electrons. The molecule has 2 aromatic carbocycles. The second-order valence-electron chi connectivity index (χ2n) is 3.40. The Balaban J connectivity index is 2.55. The molecule has 0 saturated carbocycles. The molecule has 1 N–H and O–H groups in total. The van der Waals surface area contributed by atoms with Crippen LogP contribution in [0.25, 0.3) is 10.8 Å². The van der Waals surface area contributed by atoms with Crippen molar-refractivity contribution in [2.75, 3.05) is 0 Å². The summed E-state index contributed by atoms with van der Waals surface area (Å²) < 4.78 is 24.8. The van der Waals surface area contributed by atoms with Gasteiger partial charge in [-0.25, -0.2) is 8.78 Å². The van der Waals surface area contributed by atoms with Gasteiger partial charge in [-0.2, -0.15) is 0 Å². The quantitative estimate of drug-likeness (QED) is 0.803. The average Bonchev–Trinajstić information content (AvgIpc) is 2.27. The Morgan fingerprint density at radius 3 is 2.33 bits per heavy atom. The highest BCUT2D eigenvalue weighted by molar-refractivity contribution is 5.83. The molecule has 0 aliphatic rings. The summed E-state index contributed by atoms with van der Waals surface area (Å²) in [6.07, 6.45) is -2.44. The largest absolute Gasteiger partial charge is 0.392 e. The summed E-state index contributed by atoms with van der Waals surface area (Å²) in [5.41, 5.74) is 0.812. The highest BCUT2D eigenvalue weighted by Crippen LogP contribution is 2.24. The molecule has 0 spiro atoms. The number of aliphatic hydroxyl groups is 1. The minimum absolute atomic E-state index is 0.0271. The fourth-order valence-electron chi connectivity index (χ4n) is 1.55. The molecule has 2 rings (SSSR count). The molecule has 0 aromatic heterocycles. The van der Waals surface area contributed by atoms with Crippen molar-refractivity contribution < 1.29 is 13.9 Å². The molecule has 0 aliphatic heterocycles. The van der Waals surface area contributed by atoms with E-state index in [1.807, 2.05) is 0 Å². The van der Waals surface area contributed by atoms with Gasteiger partial charge in [0, 0.05) is 5.56 Å². The maximum absolute atomic E-state index is 12.4. The van der Waals surface area contributed by atoms with Gasteiger partial charge < -0.3 is 5.11 Å². The minimum Gasteiger partial charge on any atom is -0.392 e. The molecule has 0 saturated heterocycles. The van der Waals surface area contributed by atoms with Crippen LogP contribution in [0.4, 0.5) is 8.78 Å². The van der Waals surface area contributed by atoms with Crippen molar-refractivity contribution in [3.8, 4) is 0 Å². The smallest absolute Gasteiger partial charge is 0.263 e. The van der Waals surface area contributed by atoms with Crippen molar-refractivity contribution in [1.29, 1.82) is 0 Å². The highest BCUT2D eigenvalue weighted by Gasteiger charge is 2.07. The van der Waals surface area contributed by atoms with Crippen molar-refractivity contribution in [1.82, 2.24) is 0 Å². The van der Waals surface area contributed by atoms with Crippen LogP contribution in [0.2, 0.25) is 0 Å². The van der Waals surface area contributed by atoms with Crippen LogP contribution in [0.1, 0.15) is 17.6 Å². The Labute approximate surface area is 86.0 Å². The van der Waals surface area contributed by atoms with Gasteiger partial charge in [0.2, 0.25) is 0 Å². The lowest BCUT2D eigenvalue weighted by molar-refractivity contribution is 0.151. The monoisotopic (exact) mass is 208 g/mol. The first-order valence-electron chi connectivity index (χ1n) is 4.62. The number of aliphatic hydroxyl groups excluding tert-OH is 1. The first kappa shape index (κ1) is 10.1. The molecule has 2 aromatic rings. The molecule has 15 heavy (non-hydrogen) atoms. The summed E-state index contributed by atoms with van der Waals surface area (Å²) in [5.74, 6) is 0. The van der Waals surface area contributed by atoms with Crippen LogP contribution in [0.15, 0.2) is 36.4 Å². The summed E-state index contributed by atoms with van der Waals surface area (Å²) in [5, 5.41) is 10.6. The summed E-state index contributed by atoms with van der Waals surface area (Å²) in [7, 11) is 0. The van der Waals surface area contributed by atoms with Gasteiger partial charge in [0.15, 0.2) is 0 Å². The Morgan fingerprint density at radius 2 is 1.67 bits per heavy atom. The lowest BCUT2D eigenvalue weighted by Crippen LogP contribution is -1.86. The Bertz CT molecular complexity index is 480. The lowest BCUT2D eigenvalue weighted by atomic mass is 10.0. The van der Waals surface area contributed by atoms with Gasteiger partial charge in [0.1, 0.15) is 0 Å². The van der Waals surface area contributed by atoms with Crippen LogP contribution in [-0.2, 0) is 6.61 Å². The number of halogens is 2. The number of rotatable bonds is 2. The van der Waals surface area contributed by atoms with Crippen molar-refractivity contribution >= 4 is 10.8 Å². The van der Waals surface area contributed by atoms with E-state index in [2.05, 4.69) is 0 Å². The second kappa shape index (κ2) is 3.95. The zero-order valence-corrected chi connectivity index (χ0v) is 7.95. The topological polar surface area (TPSA) is 20.2 Å². The number of hydrogen-bond acceptors (Lipinski definition) is 1. The maximum atomic E-state index is 12.4. The lowest BCUT2D eigenvalue weighted by Gasteiger charge is -2.04. The summed E-state index contributed by atoms with van der Waals surface area (Å²) in [6, 6.07) is 9.81. The van der Waals surface area contributed by atoms with Gasteiger partial charge in [0.25, 0.3) is 6.43 Å². The molecule has 3 heteroatoms. The van der Waals surface area contributed by atoms with Gasteiger partial charge in [-0.3, -0.25) is 0 Å². The van der Waals surface area contributed by atoms with E-state index in [9.17, 15) is 8.78 Å². The van der Waals surface area contributed by atoms with Gasteiger partial charge in [-0.1, -0.05) is 24.3 Å². The second-order valence-corrected chi connectivity index (χ2v) is 3.40. The normalized spacial score (nSPS) is 11.2. The Kier molecular flexibility index (Phi) is 2.64. The summed E-state index contributed by atoms with van der Waals surface area (Å²) in [6.45, 7) is -0.0352. The van der Waals surface area contributed by atoms with E-state index in [0.717, 1.165) is 16.3 Å². The van der Waals surface area contributed by atoms with Crippen molar-refractivity contribution in [2.24, 2.45) is 0 Å².